The summed E-state index contributed by atoms with van der Waals surface area (Å²) in [5.41, 5.74) is 4.23. The molecule has 0 amide bonds. The summed E-state index contributed by atoms with van der Waals surface area (Å²) in [7, 11) is 0. The molecule has 3 heteroatoms. The second-order valence-corrected chi connectivity index (χ2v) is 5.48. The van der Waals surface area contributed by atoms with Crippen LogP contribution in [0.1, 0.15) is 16.7 Å². The predicted octanol–water partition coefficient (Wildman–Crippen LogP) is 4.61. The molecule has 0 aliphatic heterocycles. The Hall–Kier alpha value is -2.13. The molecule has 0 unspecified atom stereocenters. The second kappa shape index (κ2) is 6.32. The molecule has 0 aliphatic rings. The number of rotatable bonds is 4. The van der Waals surface area contributed by atoms with Crippen LogP contribution in [0.25, 0.3) is 0 Å². The number of hydrogen-bond acceptors (Lipinski definition) is 2. The van der Waals surface area contributed by atoms with Gasteiger partial charge in [0.2, 0.25) is 0 Å². The van der Waals surface area contributed by atoms with Gasteiger partial charge in [-0.2, -0.15) is 5.48 Å². The highest BCUT2D eigenvalue weighted by Gasteiger charge is 2.37. The molecule has 0 saturated carbocycles. The molecule has 2 N–H and O–H groups in total. The number of benzene rings is 3. The smallest absolute Gasteiger partial charge is 0.119 e. The minimum atomic E-state index is -0.916. The van der Waals surface area contributed by atoms with Crippen molar-refractivity contribution in [3.8, 4) is 0 Å². The van der Waals surface area contributed by atoms with Crippen LogP contribution in [-0.2, 0) is 5.54 Å². The van der Waals surface area contributed by atoms with Gasteiger partial charge in [-0.05, 0) is 17.2 Å². The third-order valence-electron chi connectivity index (χ3n) is 3.86. The monoisotopic (exact) mass is 309 g/mol. The topological polar surface area (TPSA) is 32.3 Å². The quantitative estimate of drug-likeness (QED) is 0.545. The zero-order valence-electron chi connectivity index (χ0n) is 11.9. The molecule has 22 heavy (non-hydrogen) atoms. The molecule has 0 atom stereocenters. The molecule has 3 aromatic carbocycles. The summed E-state index contributed by atoms with van der Waals surface area (Å²) in [5.74, 6) is 0. The van der Waals surface area contributed by atoms with Crippen molar-refractivity contribution >= 4 is 11.6 Å². The molecular weight excluding hydrogens is 294 g/mol. The van der Waals surface area contributed by atoms with Crippen LogP contribution in [0.3, 0.4) is 0 Å². The van der Waals surface area contributed by atoms with Crippen LogP contribution in [0.2, 0.25) is 5.02 Å². The Morgan fingerprint density at radius 2 is 1.14 bits per heavy atom. The minimum absolute atomic E-state index is 0.594. The largest absolute Gasteiger partial charge is 0.315 e. The molecule has 3 aromatic rings. The third-order valence-corrected chi connectivity index (χ3v) is 4.19. The molecule has 0 spiro atoms. The summed E-state index contributed by atoms with van der Waals surface area (Å²) in [6.45, 7) is 0. The standard InChI is InChI=1S/C19H16ClNO/c20-18-14-8-7-13-17(18)19(21-22,15-9-3-1-4-10-15)16-11-5-2-6-12-16/h1-14,21-22H. The van der Waals surface area contributed by atoms with Gasteiger partial charge in [-0.15, -0.1) is 0 Å². The maximum atomic E-state index is 10.2. The molecular formula is C19H16ClNO. The first-order valence-corrected chi connectivity index (χ1v) is 7.44. The fraction of sp³-hybridized carbons (Fsp3) is 0.0526. The van der Waals surface area contributed by atoms with Crippen LogP contribution in [-0.4, -0.2) is 5.21 Å². The van der Waals surface area contributed by atoms with E-state index in [1.807, 2.05) is 84.9 Å². The van der Waals surface area contributed by atoms with E-state index >= 15 is 0 Å². The summed E-state index contributed by atoms with van der Waals surface area (Å²) < 4.78 is 0. The highest BCUT2D eigenvalue weighted by atomic mass is 35.5. The van der Waals surface area contributed by atoms with Gasteiger partial charge in [0.25, 0.3) is 0 Å². The summed E-state index contributed by atoms with van der Waals surface area (Å²) in [6.07, 6.45) is 0. The van der Waals surface area contributed by atoms with Gasteiger partial charge in [-0.1, -0.05) is 90.5 Å². The van der Waals surface area contributed by atoms with E-state index in [-0.39, 0.29) is 0 Å². The Balaban J connectivity index is 2.34. The van der Waals surface area contributed by atoms with Gasteiger partial charge >= 0.3 is 0 Å². The van der Waals surface area contributed by atoms with Crippen molar-refractivity contribution in [3.05, 3.63) is 107 Å². The van der Waals surface area contributed by atoms with E-state index in [9.17, 15) is 5.21 Å². The Bertz CT molecular complexity index is 704. The molecule has 0 bridgehead atoms. The maximum Gasteiger partial charge on any atom is 0.119 e. The number of hydroxylamine groups is 1. The van der Waals surface area contributed by atoms with Gasteiger partial charge in [0.15, 0.2) is 0 Å². The van der Waals surface area contributed by atoms with Crippen LogP contribution in [0.15, 0.2) is 84.9 Å². The van der Waals surface area contributed by atoms with Gasteiger partial charge in [0.05, 0.1) is 0 Å². The molecule has 0 aliphatic carbocycles. The number of halogens is 1. The average Bonchev–Trinajstić information content (AvgIpc) is 2.59. The van der Waals surface area contributed by atoms with Gasteiger partial charge in [-0.3, -0.25) is 0 Å². The molecule has 0 radical (unpaired) electrons. The lowest BCUT2D eigenvalue weighted by Gasteiger charge is -2.34. The summed E-state index contributed by atoms with van der Waals surface area (Å²) in [6, 6.07) is 27.1. The van der Waals surface area contributed by atoms with E-state index < -0.39 is 5.54 Å². The molecule has 110 valence electrons. The number of hydrogen-bond donors (Lipinski definition) is 2. The van der Waals surface area contributed by atoms with Crippen LogP contribution in [0.4, 0.5) is 0 Å². The fourth-order valence-electron chi connectivity index (χ4n) is 2.81. The van der Waals surface area contributed by atoms with E-state index in [1.54, 1.807) is 0 Å². The second-order valence-electron chi connectivity index (χ2n) is 5.07. The van der Waals surface area contributed by atoms with Crippen molar-refractivity contribution in [2.45, 2.75) is 5.54 Å². The molecule has 0 aromatic heterocycles. The van der Waals surface area contributed by atoms with Crippen molar-refractivity contribution in [1.82, 2.24) is 5.48 Å². The zero-order valence-corrected chi connectivity index (χ0v) is 12.7. The Kier molecular flexibility index (Phi) is 4.25. The van der Waals surface area contributed by atoms with Crippen LogP contribution in [0.5, 0.6) is 0 Å². The van der Waals surface area contributed by atoms with Crippen LogP contribution >= 0.6 is 11.6 Å². The first-order valence-electron chi connectivity index (χ1n) is 7.06. The summed E-state index contributed by atoms with van der Waals surface area (Å²) in [5, 5.41) is 10.7. The minimum Gasteiger partial charge on any atom is -0.315 e. The zero-order chi connectivity index (χ0) is 15.4. The SMILES string of the molecule is ONC(c1ccccc1)(c1ccccc1)c1ccccc1Cl. The lowest BCUT2D eigenvalue weighted by molar-refractivity contribution is 0.103. The van der Waals surface area contributed by atoms with Gasteiger partial charge in [-0.25, -0.2) is 0 Å². The van der Waals surface area contributed by atoms with Crippen LogP contribution in [0, 0.1) is 0 Å². The van der Waals surface area contributed by atoms with Crippen molar-refractivity contribution < 1.29 is 5.21 Å². The molecule has 3 rings (SSSR count). The maximum absolute atomic E-state index is 10.2. The Morgan fingerprint density at radius 1 is 0.682 bits per heavy atom. The van der Waals surface area contributed by atoms with Crippen molar-refractivity contribution in [2.24, 2.45) is 0 Å². The summed E-state index contributed by atoms with van der Waals surface area (Å²) >= 11 is 6.44. The molecule has 0 heterocycles. The average molecular weight is 310 g/mol. The van der Waals surface area contributed by atoms with E-state index in [0.29, 0.717) is 5.02 Å². The molecule has 2 nitrogen and oxygen atoms in total. The van der Waals surface area contributed by atoms with E-state index in [2.05, 4.69) is 5.48 Å². The van der Waals surface area contributed by atoms with Crippen molar-refractivity contribution in [1.29, 1.82) is 0 Å². The highest BCUT2D eigenvalue weighted by Crippen LogP contribution is 2.39. The molecule has 0 fully saturated rings. The van der Waals surface area contributed by atoms with Crippen molar-refractivity contribution in [2.75, 3.05) is 0 Å². The lowest BCUT2D eigenvalue weighted by Crippen LogP contribution is -2.43. The summed E-state index contributed by atoms with van der Waals surface area (Å²) in [4.78, 5) is 0. The van der Waals surface area contributed by atoms with Gasteiger partial charge in [0, 0.05) is 10.6 Å². The van der Waals surface area contributed by atoms with Gasteiger partial charge < -0.3 is 5.21 Å². The molecule has 0 saturated heterocycles. The van der Waals surface area contributed by atoms with Crippen LogP contribution < -0.4 is 5.48 Å². The Morgan fingerprint density at radius 3 is 1.59 bits per heavy atom. The van der Waals surface area contributed by atoms with E-state index in [1.165, 1.54) is 0 Å². The van der Waals surface area contributed by atoms with E-state index in [4.69, 9.17) is 11.6 Å². The van der Waals surface area contributed by atoms with Crippen molar-refractivity contribution in [3.63, 3.8) is 0 Å². The number of nitrogens with one attached hydrogen (secondary N) is 1. The normalized spacial score (nSPS) is 11.4. The van der Waals surface area contributed by atoms with E-state index in [0.717, 1.165) is 16.7 Å². The first kappa shape index (κ1) is 14.8. The van der Waals surface area contributed by atoms with Gasteiger partial charge in [0.1, 0.15) is 5.54 Å². The Labute approximate surface area is 135 Å². The lowest BCUT2D eigenvalue weighted by atomic mass is 9.78. The fourth-order valence-corrected chi connectivity index (χ4v) is 3.09. The first-order chi connectivity index (χ1) is 10.8. The third kappa shape index (κ3) is 2.42. The highest BCUT2D eigenvalue weighted by molar-refractivity contribution is 6.31. The predicted molar refractivity (Wildman–Crippen MR) is 89.1 cm³/mol.